The molecule has 0 aliphatic rings. The summed E-state index contributed by atoms with van der Waals surface area (Å²) in [6.07, 6.45) is 0.496. The zero-order chi connectivity index (χ0) is 13.8. The number of aliphatic hydroxyl groups is 1. The average molecular weight is 268 g/mol. The number of alkyl halides is 2. The van der Waals surface area contributed by atoms with Gasteiger partial charge in [0, 0.05) is 18.3 Å². The number of hydrogen-bond acceptors (Lipinski definition) is 3. The molecule has 0 saturated carbocycles. The number of benzene rings is 1. The number of aromatic nitrogens is 2. The molecule has 0 fully saturated rings. The van der Waals surface area contributed by atoms with Gasteiger partial charge in [0.15, 0.2) is 0 Å². The zero-order valence-electron chi connectivity index (χ0n) is 10.3. The van der Waals surface area contributed by atoms with E-state index in [2.05, 4.69) is 9.84 Å². The Bertz CT molecular complexity index is 543. The van der Waals surface area contributed by atoms with Crippen LogP contribution >= 0.6 is 0 Å². The van der Waals surface area contributed by atoms with Crippen LogP contribution in [0.15, 0.2) is 36.5 Å². The Kier molecular flexibility index (Phi) is 4.11. The second-order valence-electron chi connectivity index (χ2n) is 3.89. The maximum absolute atomic E-state index is 12.3. The fraction of sp³-hybridized carbons (Fsp3) is 0.308. The minimum Gasteiger partial charge on any atom is -0.434 e. The van der Waals surface area contributed by atoms with Crippen LogP contribution in [0.1, 0.15) is 24.3 Å². The van der Waals surface area contributed by atoms with Crippen molar-refractivity contribution in [1.29, 1.82) is 0 Å². The van der Waals surface area contributed by atoms with Crippen molar-refractivity contribution in [3.8, 4) is 5.75 Å². The lowest BCUT2D eigenvalue weighted by Crippen LogP contribution is -2.11. The summed E-state index contributed by atoms with van der Waals surface area (Å²) in [6, 6.07) is 7.83. The number of aryl methyl sites for hydroxylation is 1. The van der Waals surface area contributed by atoms with Crippen molar-refractivity contribution in [1.82, 2.24) is 9.78 Å². The highest BCUT2D eigenvalue weighted by molar-refractivity contribution is 5.38. The standard InChI is InChI=1S/C13H14F2N2O2/c1-2-17-10(7-8-16-17)12(18)9-5-3-4-6-11(9)19-13(14)15/h3-8,12-13,18H,2H2,1H3. The summed E-state index contributed by atoms with van der Waals surface area (Å²) < 4.78 is 30.7. The molecule has 0 saturated heterocycles. The van der Waals surface area contributed by atoms with E-state index in [-0.39, 0.29) is 11.3 Å². The Morgan fingerprint density at radius 1 is 1.32 bits per heavy atom. The van der Waals surface area contributed by atoms with Gasteiger partial charge in [-0.25, -0.2) is 0 Å². The van der Waals surface area contributed by atoms with Crippen LogP contribution in [0.2, 0.25) is 0 Å². The highest BCUT2D eigenvalue weighted by Crippen LogP contribution is 2.30. The van der Waals surface area contributed by atoms with E-state index in [0.29, 0.717) is 12.2 Å². The lowest BCUT2D eigenvalue weighted by molar-refractivity contribution is -0.0513. The fourth-order valence-corrected chi connectivity index (χ4v) is 1.91. The molecule has 1 heterocycles. The highest BCUT2D eigenvalue weighted by atomic mass is 19.3. The van der Waals surface area contributed by atoms with Gasteiger partial charge < -0.3 is 9.84 Å². The lowest BCUT2D eigenvalue weighted by Gasteiger charge is -2.16. The minimum atomic E-state index is -2.93. The Morgan fingerprint density at radius 2 is 2.05 bits per heavy atom. The van der Waals surface area contributed by atoms with Crippen LogP contribution in [0.3, 0.4) is 0 Å². The monoisotopic (exact) mass is 268 g/mol. The van der Waals surface area contributed by atoms with Gasteiger partial charge >= 0.3 is 6.61 Å². The average Bonchev–Trinajstić information content (AvgIpc) is 2.86. The van der Waals surface area contributed by atoms with Crippen molar-refractivity contribution in [3.63, 3.8) is 0 Å². The van der Waals surface area contributed by atoms with Gasteiger partial charge in [-0.2, -0.15) is 13.9 Å². The van der Waals surface area contributed by atoms with Gasteiger partial charge in [0.05, 0.1) is 5.69 Å². The Balaban J connectivity index is 2.36. The minimum absolute atomic E-state index is 0.0335. The van der Waals surface area contributed by atoms with Crippen molar-refractivity contribution in [2.75, 3.05) is 0 Å². The van der Waals surface area contributed by atoms with Crippen LogP contribution in [0.4, 0.5) is 8.78 Å². The molecular formula is C13H14F2N2O2. The molecule has 6 heteroatoms. The van der Waals surface area contributed by atoms with E-state index >= 15 is 0 Å². The summed E-state index contributed by atoms with van der Waals surface area (Å²) in [6.45, 7) is -0.466. The molecule has 0 radical (unpaired) electrons. The molecule has 4 nitrogen and oxygen atoms in total. The molecule has 1 unspecified atom stereocenters. The molecule has 0 aliphatic carbocycles. The van der Waals surface area contributed by atoms with Gasteiger partial charge in [0.25, 0.3) is 0 Å². The van der Waals surface area contributed by atoms with Gasteiger partial charge in [0.2, 0.25) is 0 Å². The lowest BCUT2D eigenvalue weighted by atomic mass is 10.1. The second-order valence-corrected chi connectivity index (χ2v) is 3.89. The second kappa shape index (κ2) is 5.79. The topological polar surface area (TPSA) is 47.3 Å². The summed E-state index contributed by atoms with van der Waals surface area (Å²) in [5, 5.41) is 14.3. The molecule has 1 aromatic heterocycles. The molecule has 0 bridgehead atoms. The molecule has 0 amide bonds. The van der Waals surface area contributed by atoms with E-state index in [9.17, 15) is 13.9 Å². The van der Waals surface area contributed by atoms with Crippen LogP contribution in [0.25, 0.3) is 0 Å². The van der Waals surface area contributed by atoms with E-state index in [4.69, 9.17) is 0 Å². The third-order valence-electron chi connectivity index (χ3n) is 2.76. The van der Waals surface area contributed by atoms with Crippen LogP contribution < -0.4 is 4.74 Å². The number of hydrogen-bond donors (Lipinski definition) is 1. The number of para-hydroxylation sites is 1. The number of rotatable bonds is 5. The molecule has 0 spiro atoms. The molecule has 1 N–H and O–H groups in total. The first-order valence-electron chi connectivity index (χ1n) is 5.87. The molecule has 1 aromatic carbocycles. The summed E-state index contributed by atoms with van der Waals surface area (Å²) >= 11 is 0. The zero-order valence-corrected chi connectivity index (χ0v) is 10.3. The maximum Gasteiger partial charge on any atom is 0.387 e. The maximum atomic E-state index is 12.3. The largest absolute Gasteiger partial charge is 0.434 e. The predicted molar refractivity (Wildman–Crippen MR) is 65.0 cm³/mol. The Labute approximate surface area is 109 Å². The van der Waals surface area contributed by atoms with Gasteiger partial charge in [0.1, 0.15) is 11.9 Å². The predicted octanol–water partition coefficient (Wildman–Crippen LogP) is 2.59. The van der Waals surface area contributed by atoms with E-state index in [1.54, 1.807) is 35.1 Å². The van der Waals surface area contributed by atoms with Gasteiger partial charge in [-0.3, -0.25) is 4.68 Å². The molecule has 0 aliphatic heterocycles. The molecular weight excluding hydrogens is 254 g/mol. The summed E-state index contributed by atoms with van der Waals surface area (Å²) in [5.41, 5.74) is 0.825. The van der Waals surface area contributed by atoms with Crippen molar-refractivity contribution >= 4 is 0 Å². The number of ether oxygens (including phenoxy) is 1. The molecule has 1 atom stereocenters. The van der Waals surface area contributed by atoms with Crippen LogP contribution in [0.5, 0.6) is 5.75 Å². The highest BCUT2D eigenvalue weighted by Gasteiger charge is 2.20. The number of halogens is 2. The molecule has 2 aromatic rings. The van der Waals surface area contributed by atoms with Crippen LogP contribution in [0, 0.1) is 0 Å². The van der Waals surface area contributed by atoms with E-state index in [1.165, 1.54) is 6.07 Å². The summed E-state index contributed by atoms with van der Waals surface area (Å²) in [7, 11) is 0. The smallest absolute Gasteiger partial charge is 0.387 e. The SMILES string of the molecule is CCn1nccc1C(O)c1ccccc1OC(F)F. The first kappa shape index (κ1) is 13.5. The normalized spacial score (nSPS) is 12.7. The van der Waals surface area contributed by atoms with E-state index < -0.39 is 12.7 Å². The molecule has 2 rings (SSSR count). The third-order valence-corrected chi connectivity index (χ3v) is 2.76. The van der Waals surface area contributed by atoms with E-state index in [0.717, 1.165) is 0 Å². The first-order valence-corrected chi connectivity index (χ1v) is 5.87. The van der Waals surface area contributed by atoms with Crippen molar-refractivity contribution in [2.45, 2.75) is 26.2 Å². The van der Waals surface area contributed by atoms with Crippen molar-refractivity contribution in [3.05, 3.63) is 47.8 Å². The molecule has 102 valence electrons. The van der Waals surface area contributed by atoms with E-state index in [1.807, 2.05) is 6.92 Å². The van der Waals surface area contributed by atoms with Crippen molar-refractivity contribution < 1.29 is 18.6 Å². The van der Waals surface area contributed by atoms with Gasteiger partial charge in [-0.1, -0.05) is 18.2 Å². The summed E-state index contributed by atoms with van der Waals surface area (Å²) in [5.74, 6) is -0.0335. The Hall–Kier alpha value is -1.95. The van der Waals surface area contributed by atoms with Crippen LogP contribution in [-0.4, -0.2) is 21.5 Å². The van der Waals surface area contributed by atoms with Gasteiger partial charge in [-0.05, 0) is 19.1 Å². The van der Waals surface area contributed by atoms with Crippen molar-refractivity contribution in [2.24, 2.45) is 0 Å². The van der Waals surface area contributed by atoms with Gasteiger partial charge in [-0.15, -0.1) is 0 Å². The summed E-state index contributed by atoms with van der Waals surface area (Å²) in [4.78, 5) is 0. The number of nitrogens with zero attached hydrogens (tertiary/aromatic N) is 2. The third kappa shape index (κ3) is 2.90. The Morgan fingerprint density at radius 3 is 2.74 bits per heavy atom. The quantitative estimate of drug-likeness (QED) is 0.906. The van der Waals surface area contributed by atoms with Crippen LogP contribution in [-0.2, 0) is 6.54 Å². The molecule has 19 heavy (non-hydrogen) atoms. The fourth-order valence-electron chi connectivity index (χ4n) is 1.91. The number of aliphatic hydroxyl groups excluding tert-OH is 1. The first-order chi connectivity index (χ1) is 9.13.